The number of hydrogen-bond donors (Lipinski definition) is 1. The summed E-state index contributed by atoms with van der Waals surface area (Å²) in [5.74, 6) is 0.217. The zero-order chi connectivity index (χ0) is 24.4. The predicted molar refractivity (Wildman–Crippen MR) is 133 cm³/mol. The van der Waals surface area contributed by atoms with Gasteiger partial charge in [-0.3, -0.25) is 9.59 Å². The first-order valence-corrected chi connectivity index (χ1v) is 11.9. The summed E-state index contributed by atoms with van der Waals surface area (Å²) in [5.41, 5.74) is 5.37. The van der Waals surface area contributed by atoms with Gasteiger partial charge in [-0.25, -0.2) is 9.67 Å². The largest absolute Gasteiger partial charge is 0.342 e. The minimum atomic E-state index is -0.250. The van der Waals surface area contributed by atoms with Gasteiger partial charge in [-0.05, 0) is 70.4 Å². The second-order valence-corrected chi connectivity index (χ2v) is 9.41. The van der Waals surface area contributed by atoms with E-state index in [4.69, 9.17) is 11.6 Å². The van der Waals surface area contributed by atoms with Crippen LogP contribution in [0.25, 0.3) is 5.69 Å². The lowest BCUT2D eigenvalue weighted by molar-refractivity contribution is -0.134. The molecule has 2 aromatic heterocycles. The Hall–Kier alpha value is -3.19. The van der Waals surface area contributed by atoms with Crippen LogP contribution in [0.5, 0.6) is 0 Å². The van der Waals surface area contributed by atoms with E-state index in [2.05, 4.69) is 15.4 Å². The zero-order valence-electron chi connectivity index (χ0n) is 20.1. The van der Waals surface area contributed by atoms with Crippen LogP contribution < -0.4 is 5.32 Å². The molecular weight excluding hydrogens is 450 g/mol. The number of amides is 2. The summed E-state index contributed by atoms with van der Waals surface area (Å²) in [6.45, 7) is 8.81. The number of hydrogen-bond acceptors (Lipinski definition) is 4. The van der Waals surface area contributed by atoms with Crippen LogP contribution in [0.3, 0.4) is 0 Å². The normalized spacial score (nSPS) is 15.9. The van der Waals surface area contributed by atoms with Crippen LogP contribution in [0.15, 0.2) is 36.4 Å². The molecule has 1 aliphatic rings. The number of carbonyl (C=O) groups is 2. The van der Waals surface area contributed by atoms with Gasteiger partial charge in [0.1, 0.15) is 5.82 Å². The molecule has 0 aliphatic carbocycles. The minimum Gasteiger partial charge on any atom is -0.342 e. The number of aryl methyl sites for hydroxylation is 3. The highest BCUT2D eigenvalue weighted by Crippen LogP contribution is 2.25. The van der Waals surface area contributed by atoms with E-state index in [1.165, 1.54) is 0 Å². The fraction of sp³-hybridized carbons (Fsp3) is 0.385. The molecule has 1 fully saturated rings. The summed E-state index contributed by atoms with van der Waals surface area (Å²) in [7, 11) is 0. The average Bonchev–Trinajstić information content (AvgIpc) is 3.09. The third-order valence-electron chi connectivity index (χ3n) is 6.45. The SMILES string of the molecule is Cc1cccc(NC(=O)C2CCCN(C(=O)Cc3c(C)nn(-c4ccc(C)c(Cl)c4)c3C)C2)n1. The second kappa shape index (κ2) is 9.97. The molecule has 178 valence electrons. The molecule has 2 amide bonds. The van der Waals surface area contributed by atoms with Crippen LogP contribution >= 0.6 is 11.6 Å². The van der Waals surface area contributed by atoms with Crippen molar-refractivity contribution in [1.29, 1.82) is 0 Å². The van der Waals surface area contributed by atoms with Crippen molar-refractivity contribution in [3.63, 3.8) is 0 Å². The lowest BCUT2D eigenvalue weighted by atomic mass is 9.96. The van der Waals surface area contributed by atoms with Crippen molar-refractivity contribution >= 4 is 29.2 Å². The molecule has 1 unspecified atom stereocenters. The topological polar surface area (TPSA) is 80.1 Å². The zero-order valence-corrected chi connectivity index (χ0v) is 20.8. The van der Waals surface area contributed by atoms with Crippen molar-refractivity contribution in [3.05, 3.63) is 69.6 Å². The van der Waals surface area contributed by atoms with Crippen LogP contribution in [0, 0.1) is 33.6 Å². The van der Waals surface area contributed by atoms with Gasteiger partial charge in [0.05, 0.1) is 23.7 Å². The third-order valence-corrected chi connectivity index (χ3v) is 6.86. The predicted octanol–water partition coefficient (Wildman–Crippen LogP) is 4.57. The first kappa shape index (κ1) is 24.0. The Morgan fingerprint density at radius 1 is 1.15 bits per heavy atom. The van der Waals surface area contributed by atoms with Crippen molar-refractivity contribution in [2.75, 3.05) is 18.4 Å². The van der Waals surface area contributed by atoms with E-state index >= 15 is 0 Å². The molecule has 7 nitrogen and oxygen atoms in total. The molecule has 0 radical (unpaired) electrons. The van der Waals surface area contributed by atoms with E-state index in [1.807, 2.05) is 62.7 Å². The second-order valence-electron chi connectivity index (χ2n) is 9.00. The van der Waals surface area contributed by atoms with Crippen LogP contribution in [0.1, 0.15) is 41.1 Å². The van der Waals surface area contributed by atoms with Crippen molar-refractivity contribution in [2.45, 2.75) is 47.0 Å². The summed E-state index contributed by atoms with van der Waals surface area (Å²) < 4.78 is 1.84. The molecule has 0 bridgehead atoms. The molecule has 1 aromatic carbocycles. The highest BCUT2D eigenvalue weighted by atomic mass is 35.5. The maximum absolute atomic E-state index is 13.2. The highest BCUT2D eigenvalue weighted by Gasteiger charge is 2.29. The standard InChI is InChI=1S/C26H30ClN5O2/c1-16-10-11-21(13-23(16)27)32-19(4)22(18(3)30-32)14-25(33)31-12-6-8-20(15-31)26(34)29-24-9-5-7-17(2)28-24/h5,7,9-11,13,20H,6,8,12,14-15H2,1-4H3,(H,28,29,34). The molecule has 0 spiro atoms. The number of nitrogens with one attached hydrogen (secondary N) is 1. The number of likely N-dealkylation sites (tertiary alicyclic amines) is 1. The van der Waals surface area contributed by atoms with Gasteiger partial charge in [-0.1, -0.05) is 23.7 Å². The summed E-state index contributed by atoms with van der Waals surface area (Å²) >= 11 is 6.31. The van der Waals surface area contributed by atoms with Gasteiger partial charge in [0.2, 0.25) is 11.8 Å². The molecule has 34 heavy (non-hydrogen) atoms. The maximum atomic E-state index is 13.2. The van der Waals surface area contributed by atoms with E-state index in [9.17, 15) is 9.59 Å². The maximum Gasteiger partial charge on any atom is 0.230 e. The average molecular weight is 480 g/mol. The lowest BCUT2D eigenvalue weighted by Crippen LogP contribution is -2.44. The molecule has 8 heteroatoms. The number of benzene rings is 1. The Bertz CT molecular complexity index is 1240. The van der Waals surface area contributed by atoms with Crippen LogP contribution in [-0.2, 0) is 16.0 Å². The first-order valence-electron chi connectivity index (χ1n) is 11.6. The van der Waals surface area contributed by atoms with Crippen molar-refractivity contribution in [2.24, 2.45) is 5.92 Å². The van der Waals surface area contributed by atoms with Crippen LogP contribution in [-0.4, -0.2) is 44.6 Å². The van der Waals surface area contributed by atoms with Gasteiger partial charge >= 0.3 is 0 Å². The third kappa shape index (κ3) is 5.14. The Morgan fingerprint density at radius 2 is 1.94 bits per heavy atom. The molecule has 1 N–H and O–H groups in total. The van der Waals surface area contributed by atoms with Gasteiger partial charge < -0.3 is 10.2 Å². The number of anilines is 1. The molecule has 4 rings (SSSR count). The Morgan fingerprint density at radius 3 is 2.68 bits per heavy atom. The number of nitrogens with zero attached hydrogens (tertiary/aromatic N) is 4. The number of halogens is 1. The highest BCUT2D eigenvalue weighted by molar-refractivity contribution is 6.31. The van der Waals surface area contributed by atoms with E-state index in [1.54, 1.807) is 11.0 Å². The number of pyridine rings is 1. The minimum absolute atomic E-state index is 0.0128. The van der Waals surface area contributed by atoms with Gasteiger partial charge in [-0.2, -0.15) is 5.10 Å². The molecular formula is C26H30ClN5O2. The smallest absolute Gasteiger partial charge is 0.230 e. The fourth-order valence-electron chi connectivity index (χ4n) is 4.42. The Kier molecular flexibility index (Phi) is 7.03. The van der Waals surface area contributed by atoms with Gasteiger partial charge in [0.25, 0.3) is 0 Å². The molecule has 1 aliphatic heterocycles. The number of piperidine rings is 1. The Balaban J connectivity index is 1.44. The molecule has 3 heterocycles. The number of rotatable bonds is 5. The van der Waals surface area contributed by atoms with E-state index in [0.29, 0.717) is 23.9 Å². The van der Waals surface area contributed by atoms with Gasteiger partial charge in [0, 0.05) is 35.1 Å². The van der Waals surface area contributed by atoms with E-state index < -0.39 is 0 Å². The molecule has 1 saturated heterocycles. The summed E-state index contributed by atoms with van der Waals surface area (Å²) in [4.78, 5) is 32.2. The van der Waals surface area contributed by atoms with Crippen molar-refractivity contribution < 1.29 is 9.59 Å². The molecule has 3 aromatic rings. The number of carbonyl (C=O) groups excluding carboxylic acids is 2. The van der Waals surface area contributed by atoms with Crippen LogP contribution in [0.4, 0.5) is 5.82 Å². The summed E-state index contributed by atoms with van der Waals surface area (Å²) in [6.07, 6.45) is 1.81. The summed E-state index contributed by atoms with van der Waals surface area (Å²) in [5, 5.41) is 8.24. The van der Waals surface area contributed by atoms with Gasteiger partial charge in [0.15, 0.2) is 0 Å². The monoisotopic (exact) mass is 479 g/mol. The van der Waals surface area contributed by atoms with Crippen molar-refractivity contribution in [1.82, 2.24) is 19.7 Å². The first-order chi connectivity index (χ1) is 16.2. The van der Waals surface area contributed by atoms with Crippen molar-refractivity contribution in [3.8, 4) is 5.69 Å². The lowest BCUT2D eigenvalue weighted by Gasteiger charge is -2.32. The Labute approximate surface area is 205 Å². The molecule has 0 saturated carbocycles. The van der Waals surface area contributed by atoms with Gasteiger partial charge in [-0.15, -0.1) is 0 Å². The number of aromatic nitrogens is 3. The molecule has 1 atom stereocenters. The quantitative estimate of drug-likeness (QED) is 0.581. The van der Waals surface area contributed by atoms with E-state index in [0.717, 1.165) is 46.7 Å². The summed E-state index contributed by atoms with van der Waals surface area (Å²) in [6, 6.07) is 11.4. The van der Waals surface area contributed by atoms with E-state index in [-0.39, 0.29) is 24.2 Å². The van der Waals surface area contributed by atoms with Crippen LogP contribution in [0.2, 0.25) is 5.02 Å². The fourth-order valence-corrected chi connectivity index (χ4v) is 4.59.